The van der Waals surface area contributed by atoms with Crippen LogP contribution in [0.5, 0.6) is 5.75 Å². The summed E-state index contributed by atoms with van der Waals surface area (Å²) in [5.74, 6) is -2.00. The number of carbonyl (C=O) groups is 2. The maximum Gasteiger partial charge on any atom is 0.430 e. The van der Waals surface area contributed by atoms with E-state index >= 15 is 0 Å². The van der Waals surface area contributed by atoms with Gasteiger partial charge in [0.2, 0.25) is 0 Å². The number of nitrogens with zero attached hydrogens (tertiary/aromatic N) is 2. The number of amidine groups is 1. The van der Waals surface area contributed by atoms with Crippen LogP contribution in [0.1, 0.15) is 64.9 Å². The van der Waals surface area contributed by atoms with Gasteiger partial charge in [-0.05, 0) is 63.9 Å². The minimum Gasteiger partial charge on any atom is -0.542 e. The van der Waals surface area contributed by atoms with Crippen molar-refractivity contribution in [2.75, 3.05) is 11.4 Å². The minimum absolute atomic E-state index is 0.110. The van der Waals surface area contributed by atoms with Crippen molar-refractivity contribution in [2.24, 2.45) is 4.99 Å². The largest absolute Gasteiger partial charge is 0.542 e. The van der Waals surface area contributed by atoms with E-state index < -0.39 is 35.7 Å². The average molecular weight is 639 g/mol. The van der Waals surface area contributed by atoms with Crippen molar-refractivity contribution in [2.45, 2.75) is 102 Å². The monoisotopic (exact) mass is 638 g/mol. The topological polar surface area (TPSA) is 98.5 Å². The Hall–Kier alpha value is -3.74. The van der Waals surface area contributed by atoms with Crippen LogP contribution in [0.3, 0.4) is 0 Å². The van der Waals surface area contributed by atoms with E-state index in [0.29, 0.717) is 37.2 Å². The van der Waals surface area contributed by atoms with Crippen LogP contribution in [0.4, 0.5) is 32.4 Å². The number of benzene rings is 2. The molecule has 5 rings (SSSR count). The van der Waals surface area contributed by atoms with Crippen LogP contribution in [0, 0.1) is 5.82 Å². The van der Waals surface area contributed by atoms with E-state index in [0.717, 1.165) is 31.7 Å². The number of carboxylic acid groups (broad SMARTS) is 1. The van der Waals surface area contributed by atoms with E-state index in [2.05, 4.69) is 24.4 Å². The molecule has 2 heterocycles. The number of aliphatic carboxylic acids is 1. The van der Waals surface area contributed by atoms with Crippen molar-refractivity contribution in [3.63, 3.8) is 0 Å². The van der Waals surface area contributed by atoms with Crippen molar-refractivity contribution < 1.29 is 46.3 Å². The molecule has 2 saturated heterocycles. The molecule has 0 bridgehead atoms. The average Bonchev–Trinajstić information content (AvgIpc) is 3.20. The van der Waals surface area contributed by atoms with Gasteiger partial charge in [-0.15, -0.1) is 0 Å². The summed E-state index contributed by atoms with van der Waals surface area (Å²) in [6.07, 6.45) is -1.81. The molecule has 2 aliphatic heterocycles. The highest BCUT2D eigenvalue weighted by Crippen LogP contribution is 2.38. The standard InChI is InChI=1S/C30H38F2N4O2.C2HF3O2/c1-20(2)38-25-11-6-8-22(16-25)19-35-15-14-30(18-21(35)3)28(33-27-13-5-4-12-26(27)32)34-29(37)36(30)24-10-7-9-23(31)17-24;3-2(4,5)1(6)7/h6-11,16-17,20-21,26-27H,4-5,12-15,18-19H2,1-3H3,(H,33,34,37);(H,6,7)/t21-,26+,27+,30+;/m0./s1. The first kappa shape index (κ1) is 34.1. The molecule has 45 heavy (non-hydrogen) atoms. The van der Waals surface area contributed by atoms with Crippen molar-refractivity contribution >= 4 is 23.5 Å². The third kappa shape index (κ3) is 8.30. The second-order valence-corrected chi connectivity index (χ2v) is 12.2. The molecule has 5 atom stereocenters. The van der Waals surface area contributed by atoms with Crippen LogP contribution in [0.15, 0.2) is 53.5 Å². The Morgan fingerprint density at radius 1 is 1.18 bits per heavy atom. The Kier molecular flexibility index (Phi) is 10.7. The van der Waals surface area contributed by atoms with Crippen LogP contribution >= 0.6 is 0 Å². The first-order valence-electron chi connectivity index (χ1n) is 15.2. The first-order chi connectivity index (χ1) is 21.2. The van der Waals surface area contributed by atoms with Crippen molar-refractivity contribution in [1.82, 2.24) is 5.32 Å². The molecule has 1 unspecified atom stereocenters. The molecule has 246 valence electrons. The first-order valence-corrected chi connectivity index (χ1v) is 15.2. The zero-order valence-corrected chi connectivity index (χ0v) is 25.5. The lowest BCUT2D eigenvalue weighted by atomic mass is 9.81. The fourth-order valence-electron chi connectivity index (χ4n) is 6.39. The molecule has 2 amide bonds. The number of amides is 2. The number of hydrogen-bond acceptors (Lipinski definition) is 5. The number of carbonyl (C=O) groups excluding carboxylic acids is 2. The molecule has 2 N–H and O–H groups in total. The molecule has 0 radical (unpaired) electrons. The van der Waals surface area contributed by atoms with Gasteiger partial charge in [-0.2, -0.15) is 13.2 Å². The molecule has 2 aromatic carbocycles. The summed E-state index contributed by atoms with van der Waals surface area (Å²) in [5, 5.41) is 11.8. The molecule has 2 aromatic rings. The fraction of sp³-hybridized carbons (Fsp3) is 0.531. The van der Waals surface area contributed by atoms with Crippen LogP contribution < -0.4 is 25.0 Å². The Morgan fingerprint density at radius 3 is 2.49 bits per heavy atom. The van der Waals surface area contributed by atoms with E-state index in [-0.39, 0.29) is 18.2 Å². The number of likely N-dealkylation sites (tertiary alicyclic amines) is 1. The van der Waals surface area contributed by atoms with Gasteiger partial charge >= 0.3 is 12.2 Å². The highest BCUT2D eigenvalue weighted by Gasteiger charge is 2.56. The number of nitrogens with one attached hydrogen (secondary N) is 2. The van der Waals surface area contributed by atoms with E-state index in [4.69, 9.17) is 19.6 Å². The summed E-state index contributed by atoms with van der Waals surface area (Å²) in [7, 11) is 0. The van der Waals surface area contributed by atoms with E-state index in [9.17, 15) is 26.7 Å². The summed E-state index contributed by atoms with van der Waals surface area (Å²) in [6.45, 7) is 7.84. The number of urea groups is 1. The Balaban J connectivity index is 0.000000591. The number of anilines is 1. The summed E-state index contributed by atoms with van der Waals surface area (Å²) in [5.41, 5.74) is 0.940. The Bertz CT molecular complexity index is 1390. The highest BCUT2D eigenvalue weighted by molar-refractivity contribution is 6.19. The SMILES string of the molecule is CC(C)Oc1cccc(C[NH+]2CC[C@@]3(C[C@@H]2C)C(=N[C@@H]2CCCC[C@H]2F)NC(=O)N3c2cccc(F)c2)c1.O=C([O-])C(F)(F)F. The quantitative estimate of drug-likeness (QED) is 0.466. The van der Waals surface area contributed by atoms with Gasteiger partial charge in [0, 0.05) is 24.1 Å². The number of rotatable bonds is 6. The maximum atomic E-state index is 14.8. The predicted octanol–water partition coefficient (Wildman–Crippen LogP) is 4.13. The summed E-state index contributed by atoms with van der Waals surface area (Å²) < 4.78 is 66.5. The summed E-state index contributed by atoms with van der Waals surface area (Å²) in [4.78, 5) is 30.1. The second-order valence-electron chi connectivity index (χ2n) is 12.2. The number of ether oxygens (including phenoxy) is 1. The molecule has 8 nitrogen and oxygen atoms in total. The highest BCUT2D eigenvalue weighted by atomic mass is 19.4. The van der Waals surface area contributed by atoms with Gasteiger partial charge in [0.05, 0.1) is 24.7 Å². The number of piperidine rings is 1. The molecule has 1 spiro atoms. The lowest BCUT2D eigenvalue weighted by molar-refractivity contribution is -0.942. The normalized spacial score (nSPS) is 27.7. The molecule has 1 saturated carbocycles. The number of carboxylic acids is 1. The molecule has 3 aliphatic rings. The van der Waals surface area contributed by atoms with Gasteiger partial charge in [0.15, 0.2) is 0 Å². The lowest BCUT2D eigenvalue weighted by Crippen LogP contribution is -3.16. The molecule has 0 aromatic heterocycles. The van der Waals surface area contributed by atoms with Crippen molar-refractivity contribution in [1.29, 1.82) is 0 Å². The van der Waals surface area contributed by atoms with E-state index in [1.54, 1.807) is 17.0 Å². The summed E-state index contributed by atoms with van der Waals surface area (Å²) >= 11 is 0. The summed E-state index contributed by atoms with van der Waals surface area (Å²) in [6, 6.07) is 13.8. The smallest absolute Gasteiger partial charge is 0.430 e. The zero-order valence-electron chi connectivity index (χ0n) is 25.5. The Morgan fingerprint density at radius 2 is 1.87 bits per heavy atom. The van der Waals surface area contributed by atoms with E-state index in [1.165, 1.54) is 22.6 Å². The number of halogens is 5. The number of aliphatic imine (C=N–C) groups is 1. The maximum absolute atomic E-state index is 14.8. The van der Waals surface area contributed by atoms with Gasteiger partial charge in [0.25, 0.3) is 0 Å². The predicted molar refractivity (Wildman–Crippen MR) is 156 cm³/mol. The lowest BCUT2D eigenvalue weighted by Gasteiger charge is -2.45. The van der Waals surface area contributed by atoms with Gasteiger partial charge in [-0.3, -0.25) is 15.2 Å². The van der Waals surface area contributed by atoms with Crippen LogP contribution in [0.25, 0.3) is 0 Å². The number of hydrogen-bond donors (Lipinski definition) is 2. The van der Waals surface area contributed by atoms with Gasteiger partial charge in [-0.1, -0.05) is 31.0 Å². The van der Waals surface area contributed by atoms with Crippen LogP contribution in [0.2, 0.25) is 0 Å². The van der Waals surface area contributed by atoms with E-state index in [1.807, 2.05) is 26.0 Å². The fourth-order valence-corrected chi connectivity index (χ4v) is 6.39. The molecular weight excluding hydrogens is 599 g/mol. The third-order valence-corrected chi connectivity index (χ3v) is 8.44. The van der Waals surface area contributed by atoms with Gasteiger partial charge < -0.3 is 19.5 Å². The Labute approximate surface area is 259 Å². The zero-order chi connectivity index (χ0) is 32.9. The third-order valence-electron chi connectivity index (χ3n) is 8.44. The van der Waals surface area contributed by atoms with Gasteiger partial charge in [-0.25, -0.2) is 13.6 Å². The van der Waals surface area contributed by atoms with Gasteiger partial charge in [0.1, 0.15) is 41.6 Å². The molecule has 13 heteroatoms. The number of alkyl halides is 4. The molecular formula is C32H39F5N4O4. The van der Waals surface area contributed by atoms with Crippen molar-refractivity contribution in [3.05, 3.63) is 59.9 Å². The molecule has 1 aliphatic carbocycles. The second kappa shape index (κ2) is 14.1. The molecule has 3 fully saturated rings. The minimum atomic E-state index is -5.19. The van der Waals surface area contributed by atoms with Crippen LogP contribution in [-0.4, -0.2) is 60.5 Å². The van der Waals surface area contributed by atoms with Crippen LogP contribution in [-0.2, 0) is 11.3 Å². The van der Waals surface area contributed by atoms with Crippen molar-refractivity contribution in [3.8, 4) is 5.75 Å². The number of quaternary nitrogens is 1.